The van der Waals surface area contributed by atoms with E-state index in [1.807, 2.05) is 0 Å². The lowest BCUT2D eigenvalue weighted by Gasteiger charge is -2.21. The first kappa shape index (κ1) is 16.3. The third-order valence-corrected chi connectivity index (χ3v) is 2.66. The fourth-order valence-corrected chi connectivity index (χ4v) is 1.45. The average Bonchev–Trinajstić information content (AvgIpc) is 2.20. The maximum atomic E-state index is 12.3. The SMILES string of the molecule is Cc1cccc(OC(=O)C(C(F)(F)F)C(F)(F)F)c1C. The van der Waals surface area contributed by atoms with Gasteiger partial charge in [-0.2, -0.15) is 26.3 Å². The van der Waals surface area contributed by atoms with E-state index in [4.69, 9.17) is 0 Å². The van der Waals surface area contributed by atoms with Crippen LogP contribution in [0.4, 0.5) is 26.3 Å². The zero-order valence-electron chi connectivity index (χ0n) is 10.4. The smallest absolute Gasteiger partial charge is 0.411 e. The van der Waals surface area contributed by atoms with Gasteiger partial charge in [0, 0.05) is 0 Å². The summed E-state index contributed by atoms with van der Waals surface area (Å²) in [5.41, 5.74) is 0.870. The molecule has 0 aliphatic carbocycles. The molecule has 0 bridgehead atoms. The molecule has 8 heteroatoms. The van der Waals surface area contributed by atoms with Gasteiger partial charge in [0.1, 0.15) is 5.75 Å². The van der Waals surface area contributed by atoms with Crippen molar-refractivity contribution in [1.29, 1.82) is 0 Å². The Labute approximate surface area is 110 Å². The highest BCUT2D eigenvalue weighted by Gasteiger charge is 2.62. The summed E-state index contributed by atoms with van der Waals surface area (Å²) in [6.07, 6.45) is -11.5. The number of rotatable bonds is 2. The third kappa shape index (κ3) is 3.64. The van der Waals surface area contributed by atoms with Crippen LogP contribution < -0.4 is 4.74 Å². The largest absolute Gasteiger partial charge is 0.426 e. The van der Waals surface area contributed by atoms with Crippen molar-refractivity contribution in [2.75, 3.05) is 0 Å². The molecule has 0 N–H and O–H groups in total. The first-order valence-corrected chi connectivity index (χ1v) is 5.36. The van der Waals surface area contributed by atoms with Crippen molar-refractivity contribution in [3.63, 3.8) is 0 Å². The second-order valence-corrected chi connectivity index (χ2v) is 4.14. The van der Waals surface area contributed by atoms with Crippen molar-refractivity contribution >= 4 is 5.97 Å². The number of aryl methyl sites for hydroxylation is 1. The number of carbonyl (C=O) groups excluding carboxylic acids is 1. The number of halogens is 6. The molecule has 0 amide bonds. The fourth-order valence-electron chi connectivity index (χ4n) is 1.45. The minimum absolute atomic E-state index is 0.295. The van der Waals surface area contributed by atoms with E-state index in [1.54, 1.807) is 13.0 Å². The predicted octanol–water partition coefficient (Wildman–Crippen LogP) is 3.95. The summed E-state index contributed by atoms with van der Waals surface area (Å²) in [6.45, 7) is 3.01. The summed E-state index contributed by atoms with van der Waals surface area (Å²) in [6, 6.07) is 4.07. The molecule has 2 nitrogen and oxygen atoms in total. The number of esters is 1. The van der Waals surface area contributed by atoms with Crippen molar-refractivity contribution < 1.29 is 35.9 Å². The molecule has 0 unspecified atom stereocenters. The first-order chi connectivity index (χ1) is 8.94. The number of hydrogen-bond acceptors (Lipinski definition) is 2. The summed E-state index contributed by atoms with van der Waals surface area (Å²) in [5.74, 6) is -6.87. The summed E-state index contributed by atoms with van der Waals surface area (Å²) < 4.78 is 78.2. The summed E-state index contributed by atoms with van der Waals surface area (Å²) in [7, 11) is 0. The summed E-state index contributed by atoms with van der Waals surface area (Å²) >= 11 is 0. The van der Waals surface area contributed by atoms with Gasteiger partial charge in [0.2, 0.25) is 5.92 Å². The zero-order valence-corrected chi connectivity index (χ0v) is 10.4. The molecule has 0 spiro atoms. The molecule has 0 atom stereocenters. The lowest BCUT2D eigenvalue weighted by atomic mass is 10.1. The molecule has 1 rings (SSSR count). The van der Waals surface area contributed by atoms with Gasteiger partial charge in [-0.05, 0) is 31.0 Å². The van der Waals surface area contributed by atoms with Gasteiger partial charge in [-0.25, -0.2) is 0 Å². The third-order valence-electron chi connectivity index (χ3n) is 2.66. The summed E-state index contributed by atoms with van der Waals surface area (Å²) in [4.78, 5) is 11.2. The molecule has 0 saturated heterocycles. The van der Waals surface area contributed by atoms with Gasteiger partial charge in [-0.3, -0.25) is 4.79 Å². The van der Waals surface area contributed by atoms with E-state index in [9.17, 15) is 31.1 Å². The van der Waals surface area contributed by atoms with E-state index in [0.29, 0.717) is 11.1 Å². The van der Waals surface area contributed by atoms with Gasteiger partial charge in [-0.1, -0.05) is 12.1 Å². The van der Waals surface area contributed by atoms with Crippen LogP contribution in [0.5, 0.6) is 5.75 Å². The van der Waals surface area contributed by atoms with Gasteiger partial charge in [0.15, 0.2) is 0 Å². The van der Waals surface area contributed by atoms with Crippen LogP contribution in [0.3, 0.4) is 0 Å². The minimum atomic E-state index is -5.76. The van der Waals surface area contributed by atoms with E-state index in [2.05, 4.69) is 4.74 Å². The standard InChI is InChI=1S/C12H10F6O2/c1-6-4-3-5-8(7(6)2)20-10(19)9(11(13,14)15)12(16,17)18/h3-5,9H,1-2H3. The van der Waals surface area contributed by atoms with Crippen LogP contribution in [0, 0.1) is 19.8 Å². The topological polar surface area (TPSA) is 26.3 Å². The minimum Gasteiger partial charge on any atom is -0.426 e. The highest BCUT2D eigenvalue weighted by atomic mass is 19.4. The van der Waals surface area contributed by atoms with Crippen molar-refractivity contribution in [2.45, 2.75) is 26.2 Å². The summed E-state index contributed by atoms with van der Waals surface area (Å²) in [5, 5.41) is 0. The second-order valence-electron chi connectivity index (χ2n) is 4.14. The molecule has 0 aliphatic rings. The lowest BCUT2D eigenvalue weighted by molar-refractivity contribution is -0.279. The molecule has 0 aromatic heterocycles. The normalized spacial score (nSPS) is 12.7. The van der Waals surface area contributed by atoms with Gasteiger partial charge < -0.3 is 4.74 Å². The van der Waals surface area contributed by atoms with Crippen LogP contribution in [0.1, 0.15) is 11.1 Å². The van der Waals surface area contributed by atoms with Crippen molar-refractivity contribution in [2.24, 2.45) is 5.92 Å². The van der Waals surface area contributed by atoms with Crippen LogP contribution in [-0.2, 0) is 4.79 Å². The van der Waals surface area contributed by atoms with Crippen molar-refractivity contribution in [3.8, 4) is 5.75 Å². The second kappa shape index (κ2) is 5.34. The fraction of sp³-hybridized carbons (Fsp3) is 0.417. The maximum Gasteiger partial charge on any atom is 0.411 e. The van der Waals surface area contributed by atoms with Crippen LogP contribution in [0.15, 0.2) is 18.2 Å². The maximum absolute atomic E-state index is 12.3. The predicted molar refractivity (Wildman–Crippen MR) is 57.2 cm³/mol. The number of hydrogen-bond donors (Lipinski definition) is 0. The monoisotopic (exact) mass is 300 g/mol. The number of alkyl halides is 6. The molecule has 0 radical (unpaired) electrons. The first-order valence-electron chi connectivity index (χ1n) is 5.36. The van der Waals surface area contributed by atoms with Gasteiger partial charge >= 0.3 is 18.3 Å². The number of carbonyl (C=O) groups is 1. The Hall–Kier alpha value is -1.73. The van der Waals surface area contributed by atoms with E-state index < -0.39 is 24.2 Å². The quantitative estimate of drug-likeness (QED) is 0.469. The molecule has 0 saturated carbocycles. The number of benzene rings is 1. The van der Waals surface area contributed by atoms with E-state index in [1.165, 1.54) is 13.0 Å². The average molecular weight is 300 g/mol. The van der Waals surface area contributed by atoms with Crippen molar-refractivity contribution in [3.05, 3.63) is 29.3 Å². The molecule has 1 aromatic carbocycles. The van der Waals surface area contributed by atoms with Gasteiger partial charge in [0.25, 0.3) is 0 Å². The highest BCUT2D eigenvalue weighted by molar-refractivity contribution is 5.77. The number of ether oxygens (including phenoxy) is 1. The van der Waals surface area contributed by atoms with Crippen LogP contribution in [-0.4, -0.2) is 18.3 Å². The zero-order chi connectivity index (χ0) is 15.7. The van der Waals surface area contributed by atoms with E-state index in [0.717, 1.165) is 6.07 Å². The molecular formula is C12H10F6O2. The molecule has 112 valence electrons. The molecule has 1 aromatic rings. The Morgan fingerprint density at radius 3 is 2.00 bits per heavy atom. The Bertz CT molecular complexity index is 490. The Morgan fingerprint density at radius 2 is 1.55 bits per heavy atom. The van der Waals surface area contributed by atoms with Crippen molar-refractivity contribution in [1.82, 2.24) is 0 Å². The molecular weight excluding hydrogens is 290 g/mol. The Kier molecular flexibility index (Phi) is 4.36. The van der Waals surface area contributed by atoms with E-state index >= 15 is 0 Å². The van der Waals surface area contributed by atoms with Gasteiger partial charge in [-0.15, -0.1) is 0 Å². The Morgan fingerprint density at radius 1 is 1.05 bits per heavy atom. The van der Waals surface area contributed by atoms with Gasteiger partial charge in [0.05, 0.1) is 0 Å². The van der Waals surface area contributed by atoms with Crippen LogP contribution in [0.25, 0.3) is 0 Å². The Balaban J connectivity index is 3.07. The van der Waals surface area contributed by atoms with E-state index in [-0.39, 0.29) is 5.75 Å². The molecule has 0 heterocycles. The lowest BCUT2D eigenvalue weighted by Crippen LogP contribution is -2.44. The molecule has 20 heavy (non-hydrogen) atoms. The van der Waals surface area contributed by atoms with Crippen LogP contribution in [0.2, 0.25) is 0 Å². The van der Waals surface area contributed by atoms with Crippen LogP contribution >= 0.6 is 0 Å². The highest BCUT2D eigenvalue weighted by Crippen LogP contribution is 2.40. The molecule has 0 aliphatic heterocycles. The molecule has 0 fully saturated rings.